The zero-order valence-corrected chi connectivity index (χ0v) is 17.8. The number of pyridine rings is 1. The van der Waals surface area contributed by atoms with Crippen molar-refractivity contribution in [1.29, 1.82) is 0 Å². The van der Waals surface area contributed by atoms with Gasteiger partial charge in [-0.1, -0.05) is 48.9 Å². The second-order valence-corrected chi connectivity index (χ2v) is 7.25. The van der Waals surface area contributed by atoms with Gasteiger partial charge in [0.15, 0.2) is 0 Å². The van der Waals surface area contributed by atoms with Crippen LogP contribution in [0.15, 0.2) is 60.7 Å². The Hall–Kier alpha value is -3.41. The summed E-state index contributed by atoms with van der Waals surface area (Å²) in [5.41, 5.74) is 2.26. The molecular weight excluding hydrogens is 392 g/mol. The van der Waals surface area contributed by atoms with E-state index in [0.29, 0.717) is 31.0 Å². The summed E-state index contributed by atoms with van der Waals surface area (Å²) in [6, 6.07) is 19.5. The molecule has 0 atom stereocenters. The smallest absolute Gasteiger partial charge is 0.305 e. The van der Waals surface area contributed by atoms with Gasteiger partial charge in [-0.3, -0.25) is 9.59 Å². The number of nitrogens with zero attached hydrogens (tertiary/aromatic N) is 1. The molecule has 0 aliphatic carbocycles. The zero-order chi connectivity index (χ0) is 21.9. The largest absolute Gasteiger partial charge is 0.492 e. The third-order valence-corrected chi connectivity index (χ3v) is 4.97. The summed E-state index contributed by atoms with van der Waals surface area (Å²) in [6.45, 7) is 1.04. The van der Waals surface area contributed by atoms with E-state index in [1.807, 2.05) is 42.5 Å². The molecule has 3 rings (SSSR count). The van der Waals surface area contributed by atoms with Gasteiger partial charge in [0.05, 0.1) is 19.2 Å². The molecule has 0 aliphatic rings. The number of hydrogen-bond acceptors (Lipinski definition) is 5. The van der Waals surface area contributed by atoms with E-state index in [2.05, 4.69) is 27.2 Å². The normalized spacial score (nSPS) is 10.6. The Balaban J connectivity index is 1.58. The molecule has 1 heterocycles. The Bertz CT molecular complexity index is 1000. The minimum atomic E-state index is -0.230. The minimum absolute atomic E-state index is 0.204. The number of benzene rings is 2. The van der Waals surface area contributed by atoms with E-state index in [1.54, 1.807) is 6.07 Å². The summed E-state index contributed by atoms with van der Waals surface area (Å²) < 4.78 is 10.7. The molecule has 1 aromatic heterocycles. The van der Waals surface area contributed by atoms with Gasteiger partial charge >= 0.3 is 5.97 Å². The number of aromatic nitrogens is 1. The molecule has 2 aromatic carbocycles. The lowest BCUT2D eigenvalue weighted by Gasteiger charge is -2.12. The van der Waals surface area contributed by atoms with Crippen LogP contribution < -0.4 is 10.1 Å². The van der Waals surface area contributed by atoms with E-state index in [9.17, 15) is 9.59 Å². The van der Waals surface area contributed by atoms with Crippen molar-refractivity contribution in [2.45, 2.75) is 32.1 Å². The highest BCUT2D eigenvalue weighted by Gasteiger charge is 2.13. The Kier molecular flexibility index (Phi) is 8.40. The number of para-hydroxylation sites is 1. The summed E-state index contributed by atoms with van der Waals surface area (Å²) in [7, 11) is 1.39. The van der Waals surface area contributed by atoms with Gasteiger partial charge in [0.2, 0.25) is 0 Å². The number of ether oxygens (including phenoxy) is 2. The highest BCUT2D eigenvalue weighted by atomic mass is 16.5. The fourth-order valence-electron chi connectivity index (χ4n) is 3.27. The van der Waals surface area contributed by atoms with Crippen molar-refractivity contribution in [2.24, 2.45) is 0 Å². The fourth-order valence-corrected chi connectivity index (χ4v) is 3.27. The molecular formula is C25H28N2O4. The molecule has 0 unspecified atom stereocenters. The van der Waals surface area contributed by atoms with Crippen LogP contribution in [0.1, 0.15) is 41.7 Å². The molecule has 0 saturated heterocycles. The third-order valence-electron chi connectivity index (χ3n) is 4.97. The second-order valence-electron chi connectivity index (χ2n) is 7.25. The number of unbranched alkanes of at least 4 members (excludes halogenated alkanes) is 2. The number of hydrogen-bond donors (Lipinski definition) is 1. The van der Waals surface area contributed by atoms with Gasteiger partial charge in [0, 0.05) is 30.8 Å². The molecule has 0 fully saturated rings. The first-order valence-electron chi connectivity index (χ1n) is 10.6. The quantitative estimate of drug-likeness (QED) is 0.369. The van der Waals surface area contributed by atoms with Crippen LogP contribution in [-0.4, -0.2) is 37.1 Å². The van der Waals surface area contributed by atoms with E-state index < -0.39 is 0 Å². The van der Waals surface area contributed by atoms with Crippen molar-refractivity contribution < 1.29 is 19.1 Å². The molecule has 0 bridgehead atoms. The van der Waals surface area contributed by atoms with Crippen molar-refractivity contribution >= 4 is 22.8 Å². The molecule has 1 amide bonds. The summed E-state index contributed by atoms with van der Waals surface area (Å²) in [4.78, 5) is 28.2. The first-order valence-corrected chi connectivity index (χ1v) is 10.6. The highest BCUT2D eigenvalue weighted by molar-refractivity contribution is 5.97. The number of fused-ring (bicyclic) bond motifs is 1. The molecule has 6 heteroatoms. The SMILES string of the molecule is COC(=O)CCCCCNC(=O)c1cc(OCCc2ccccc2)c2ccccc2n1. The zero-order valence-electron chi connectivity index (χ0n) is 17.8. The molecule has 0 aliphatic heterocycles. The lowest BCUT2D eigenvalue weighted by Crippen LogP contribution is -2.25. The van der Waals surface area contributed by atoms with Gasteiger partial charge in [-0.05, 0) is 30.5 Å². The number of methoxy groups -OCH3 is 1. The van der Waals surface area contributed by atoms with Crippen molar-refractivity contribution in [3.05, 3.63) is 71.9 Å². The van der Waals surface area contributed by atoms with E-state index in [1.165, 1.54) is 12.7 Å². The van der Waals surface area contributed by atoms with Gasteiger partial charge in [-0.15, -0.1) is 0 Å². The molecule has 31 heavy (non-hydrogen) atoms. The number of nitrogens with one attached hydrogen (secondary N) is 1. The summed E-state index contributed by atoms with van der Waals surface area (Å²) in [5.74, 6) is 0.223. The number of amides is 1. The van der Waals surface area contributed by atoms with Gasteiger partial charge in [-0.25, -0.2) is 4.98 Å². The first kappa shape index (κ1) is 22.3. The lowest BCUT2D eigenvalue weighted by molar-refractivity contribution is -0.140. The van der Waals surface area contributed by atoms with Crippen LogP contribution in [0.4, 0.5) is 0 Å². The number of rotatable bonds is 11. The predicted octanol–water partition coefficient (Wildman–Crippen LogP) is 4.32. The molecule has 0 spiro atoms. The van der Waals surface area contributed by atoms with E-state index in [-0.39, 0.29) is 11.9 Å². The van der Waals surface area contributed by atoms with Gasteiger partial charge < -0.3 is 14.8 Å². The standard InChI is InChI=1S/C25H28N2O4/c1-30-24(28)14-6-3-9-16-26-25(29)22-18-23(20-12-7-8-13-21(20)27-22)31-17-15-19-10-4-2-5-11-19/h2,4-5,7-8,10-13,18H,3,6,9,14-17H2,1H3,(H,26,29). The third kappa shape index (κ3) is 6.81. The van der Waals surface area contributed by atoms with Crippen molar-refractivity contribution in [3.63, 3.8) is 0 Å². The Morgan fingerprint density at radius 1 is 0.968 bits per heavy atom. The van der Waals surface area contributed by atoms with Crippen LogP contribution >= 0.6 is 0 Å². The van der Waals surface area contributed by atoms with Crippen LogP contribution in [0.2, 0.25) is 0 Å². The van der Waals surface area contributed by atoms with Crippen molar-refractivity contribution in [2.75, 3.05) is 20.3 Å². The van der Waals surface area contributed by atoms with Crippen molar-refractivity contribution in [1.82, 2.24) is 10.3 Å². The number of carbonyl (C=O) groups excluding carboxylic acids is 2. The number of carbonyl (C=O) groups is 2. The topological polar surface area (TPSA) is 77.5 Å². The van der Waals surface area contributed by atoms with Crippen molar-refractivity contribution in [3.8, 4) is 5.75 Å². The van der Waals surface area contributed by atoms with Gasteiger partial charge in [-0.2, -0.15) is 0 Å². The first-order chi connectivity index (χ1) is 15.2. The molecule has 0 saturated carbocycles. The maximum absolute atomic E-state index is 12.6. The second kappa shape index (κ2) is 11.7. The molecule has 6 nitrogen and oxygen atoms in total. The Morgan fingerprint density at radius 2 is 1.74 bits per heavy atom. The number of esters is 1. The predicted molar refractivity (Wildman–Crippen MR) is 120 cm³/mol. The van der Waals surface area contributed by atoms with Crippen LogP contribution in [-0.2, 0) is 16.0 Å². The molecule has 0 radical (unpaired) electrons. The van der Waals surface area contributed by atoms with Crippen LogP contribution in [0.5, 0.6) is 5.75 Å². The van der Waals surface area contributed by atoms with Crippen LogP contribution in [0.3, 0.4) is 0 Å². The monoisotopic (exact) mass is 420 g/mol. The maximum atomic E-state index is 12.6. The summed E-state index contributed by atoms with van der Waals surface area (Å²) in [5, 5.41) is 3.79. The minimum Gasteiger partial charge on any atom is -0.492 e. The molecule has 162 valence electrons. The van der Waals surface area contributed by atoms with Crippen LogP contribution in [0, 0.1) is 0 Å². The Morgan fingerprint density at radius 3 is 2.55 bits per heavy atom. The fraction of sp³-hybridized carbons (Fsp3) is 0.320. The van der Waals surface area contributed by atoms with Gasteiger partial charge in [0.25, 0.3) is 5.91 Å². The van der Waals surface area contributed by atoms with E-state index >= 15 is 0 Å². The molecule has 3 aromatic rings. The molecule has 1 N–H and O–H groups in total. The maximum Gasteiger partial charge on any atom is 0.305 e. The van der Waals surface area contributed by atoms with Gasteiger partial charge in [0.1, 0.15) is 11.4 Å². The average molecular weight is 421 g/mol. The average Bonchev–Trinajstić information content (AvgIpc) is 2.81. The van der Waals surface area contributed by atoms with E-state index in [4.69, 9.17) is 4.74 Å². The van der Waals surface area contributed by atoms with Crippen LogP contribution in [0.25, 0.3) is 10.9 Å². The lowest BCUT2D eigenvalue weighted by atomic mass is 10.1. The Labute approximate surface area is 182 Å². The summed E-state index contributed by atoms with van der Waals surface area (Å²) in [6.07, 6.45) is 3.56. The summed E-state index contributed by atoms with van der Waals surface area (Å²) >= 11 is 0. The highest BCUT2D eigenvalue weighted by Crippen LogP contribution is 2.25. The van der Waals surface area contributed by atoms with E-state index in [0.717, 1.165) is 36.6 Å².